The van der Waals surface area contributed by atoms with Crippen LogP contribution in [-0.2, 0) is 6.42 Å². The quantitative estimate of drug-likeness (QED) is 0.541. The summed E-state index contributed by atoms with van der Waals surface area (Å²) in [5, 5.41) is 5.22. The van der Waals surface area contributed by atoms with Crippen LogP contribution in [0.4, 0.5) is 5.82 Å². The molecule has 1 fully saturated rings. The van der Waals surface area contributed by atoms with Crippen LogP contribution in [0.1, 0.15) is 37.7 Å². The summed E-state index contributed by atoms with van der Waals surface area (Å²) in [6.07, 6.45) is 9.06. The Morgan fingerprint density at radius 1 is 1.04 bits per heavy atom. The molecule has 1 saturated carbocycles. The number of hydrogen-bond donors (Lipinski definition) is 1. The van der Waals surface area contributed by atoms with Gasteiger partial charge in [0.25, 0.3) is 0 Å². The van der Waals surface area contributed by atoms with E-state index in [2.05, 4.69) is 21.4 Å². The predicted molar refractivity (Wildman–Crippen MR) is 115 cm³/mol. The van der Waals surface area contributed by atoms with Crippen LogP contribution in [0.2, 0.25) is 5.02 Å². The Balaban J connectivity index is 1.39. The molecular formula is C23H26ClN3O. The van der Waals surface area contributed by atoms with Crippen LogP contribution >= 0.6 is 11.6 Å². The second-order valence-electron chi connectivity index (χ2n) is 7.48. The molecule has 0 saturated heterocycles. The number of halogens is 1. The second kappa shape index (κ2) is 9.24. The largest absolute Gasteiger partial charge is 0.493 e. The number of nitrogens with zero attached hydrogens (tertiary/aromatic N) is 2. The van der Waals surface area contributed by atoms with Crippen molar-refractivity contribution in [2.24, 2.45) is 5.92 Å². The van der Waals surface area contributed by atoms with Crippen LogP contribution in [0.3, 0.4) is 0 Å². The fraction of sp³-hybridized carbons (Fsp3) is 0.391. The van der Waals surface area contributed by atoms with Crippen LogP contribution in [0.5, 0.6) is 5.75 Å². The lowest BCUT2D eigenvalue weighted by Gasteiger charge is -2.21. The number of aromatic nitrogens is 2. The Morgan fingerprint density at radius 3 is 2.75 bits per heavy atom. The van der Waals surface area contributed by atoms with Gasteiger partial charge in [0.2, 0.25) is 0 Å². The first-order valence-corrected chi connectivity index (χ1v) is 10.5. The number of nitrogens with one attached hydrogen (secondary N) is 1. The zero-order valence-electron chi connectivity index (χ0n) is 16.0. The molecule has 0 spiro atoms. The maximum atomic E-state index is 6.24. The molecule has 0 unspecified atom stereocenters. The third-order valence-corrected chi connectivity index (χ3v) is 5.83. The van der Waals surface area contributed by atoms with Gasteiger partial charge in [0.15, 0.2) is 0 Å². The molecule has 146 valence electrons. The van der Waals surface area contributed by atoms with Gasteiger partial charge in [0.1, 0.15) is 17.9 Å². The van der Waals surface area contributed by atoms with Crippen LogP contribution < -0.4 is 10.1 Å². The Bertz CT molecular complexity index is 925. The summed E-state index contributed by atoms with van der Waals surface area (Å²) in [5.41, 5.74) is 2.03. The molecule has 28 heavy (non-hydrogen) atoms. The number of ether oxygens (including phenoxy) is 1. The molecule has 1 aliphatic carbocycles. The number of hydrogen-bond acceptors (Lipinski definition) is 4. The van der Waals surface area contributed by atoms with Crippen molar-refractivity contribution in [2.45, 2.75) is 38.5 Å². The summed E-state index contributed by atoms with van der Waals surface area (Å²) >= 11 is 6.24. The molecule has 1 aromatic heterocycles. The Labute approximate surface area is 171 Å². The van der Waals surface area contributed by atoms with Crippen molar-refractivity contribution in [3.8, 4) is 5.75 Å². The summed E-state index contributed by atoms with van der Waals surface area (Å²) in [4.78, 5) is 8.84. The average Bonchev–Trinajstić information content (AvgIpc) is 2.74. The van der Waals surface area contributed by atoms with E-state index in [1.54, 1.807) is 6.33 Å². The molecule has 0 radical (unpaired) electrons. The highest BCUT2D eigenvalue weighted by Crippen LogP contribution is 2.27. The number of benzene rings is 2. The lowest BCUT2D eigenvalue weighted by Crippen LogP contribution is -2.15. The molecule has 2 aromatic carbocycles. The maximum Gasteiger partial charge on any atom is 0.137 e. The van der Waals surface area contributed by atoms with Gasteiger partial charge >= 0.3 is 0 Å². The first-order chi connectivity index (χ1) is 13.8. The summed E-state index contributed by atoms with van der Waals surface area (Å²) < 4.78 is 6.05. The van der Waals surface area contributed by atoms with Gasteiger partial charge in [-0.05, 0) is 48.9 Å². The van der Waals surface area contributed by atoms with Crippen LogP contribution in [-0.4, -0.2) is 23.1 Å². The van der Waals surface area contributed by atoms with Gasteiger partial charge in [0.05, 0.1) is 12.1 Å². The third-order valence-electron chi connectivity index (χ3n) is 5.46. The van der Waals surface area contributed by atoms with E-state index in [1.165, 1.54) is 32.1 Å². The van der Waals surface area contributed by atoms with E-state index < -0.39 is 0 Å². The summed E-state index contributed by atoms with van der Waals surface area (Å²) in [6, 6.07) is 14.0. The first-order valence-electron chi connectivity index (χ1n) is 10.1. The minimum atomic E-state index is 0.692. The van der Waals surface area contributed by atoms with Crippen molar-refractivity contribution < 1.29 is 4.74 Å². The van der Waals surface area contributed by atoms with E-state index in [-0.39, 0.29) is 0 Å². The molecule has 3 aromatic rings. The van der Waals surface area contributed by atoms with E-state index in [0.717, 1.165) is 52.6 Å². The summed E-state index contributed by atoms with van der Waals surface area (Å²) in [7, 11) is 0. The smallest absolute Gasteiger partial charge is 0.137 e. The lowest BCUT2D eigenvalue weighted by atomic mass is 9.90. The van der Waals surface area contributed by atoms with Crippen molar-refractivity contribution in [1.82, 2.24) is 9.97 Å². The molecule has 1 heterocycles. The highest BCUT2D eigenvalue weighted by molar-refractivity contribution is 6.31. The molecule has 0 aliphatic heterocycles. The van der Waals surface area contributed by atoms with Crippen molar-refractivity contribution in [3.05, 3.63) is 59.4 Å². The van der Waals surface area contributed by atoms with E-state index in [0.29, 0.717) is 5.92 Å². The second-order valence-corrected chi connectivity index (χ2v) is 7.89. The van der Waals surface area contributed by atoms with Crippen molar-refractivity contribution in [3.63, 3.8) is 0 Å². The van der Waals surface area contributed by atoms with E-state index in [4.69, 9.17) is 16.3 Å². The molecule has 4 rings (SSSR count). The zero-order valence-corrected chi connectivity index (χ0v) is 16.8. The van der Waals surface area contributed by atoms with E-state index >= 15 is 0 Å². The average molecular weight is 396 g/mol. The minimum absolute atomic E-state index is 0.692. The van der Waals surface area contributed by atoms with E-state index in [9.17, 15) is 0 Å². The fourth-order valence-electron chi connectivity index (χ4n) is 3.85. The summed E-state index contributed by atoms with van der Waals surface area (Å²) in [5.74, 6) is 2.42. The fourth-order valence-corrected chi connectivity index (χ4v) is 4.08. The van der Waals surface area contributed by atoms with Crippen molar-refractivity contribution >= 4 is 28.3 Å². The van der Waals surface area contributed by atoms with Crippen molar-refractivity contribution in [2.75, 3.05) is 18.5 Å². The van der Waals surface area contributed by atoms with Crippen LogP contribution in [0.15, 0.2) is 48.8 Å². The van der Waals surface area contributed by atoms with Gasteiger partial charge in [-0.1, -0.05) is 49.1 Å². The molecule has 1 aliphatic rings. The minimum Gasteiger partial charge on any atom is -0.493 e. The van der Waals surface area contributed by atoms with Gasteiger partial charge in [-0.25, -0.2) is 9.97 Å². The molecule has 0 atom stereocenters. The maximum absolute atomic E-state index is 6.24. The number of anilines is 1. The van der Waals surface area contributed by atoms with Gasteiger partial charge in [-0.2, -0.15) is 0 Å². The van der Waals surface area contributed by atoms with Gasteiger partial charge in [0, 0.05) is 23.0 Å². The van der Waals surface area contributed by atoms with Crippen LogP contribution in [0.25, 0.3) is 10.9 Å². The molecule has 1 N–H and O–H groups in total. The van der Waals surface area contributed by atoms with Crippen molar-refractivity contribution in [1.29, 1.82) is 0 Å². The standard InChI is InChI=1S/C23H26ClN3O/c24-21-9-5-4-8-18(21)12-13-25-23-20-11-10-19(14-22(20)26-16-27-23)28-15-17-6-2-1-3-7-17/h4-5,8-11,14,16-17H,1-3,6-7,12-13,15H2,(H,25,26,27). The zero-order chi connectivity index (χ0) is 19.2. The van der Waals surface area contributed by atoms with Gasteiger partial charge < -0.3 is 10.1 Å². The molecular weight excluding hydrogens is 370 g/mol. The molecule has 4 nitrogen and oxygen atoms in total. The third kappa shape index (κ3) is 4.74. The first kappa shape index (κ1) is 19.0. The predicted octanol–water partition coefficient (Wildman–Crippen LogP) is 5.90. The highest BCUT2D eigenvalue weighted by Gasteiger charge is 2.14. The summed E-state index contributed by atoms with van der Waals surface area (Å²) in [6.45, 7) is 1.56. The van der Waals surface area contributed by atoms with Gasteiger partial charge in [-0.15, -0.1) is 0 Å². The SMILES string of the molecule is Clc1ccccc1CCNc1ncnc2cc(OCC3CCCCC3)ccc12. The topological polar surface area (TPSA) is 47.0 Å². The Hall–Kier alpha value is -2.33. The molecule has 0 bridgehead atoms. The van der Waals surface area contributed by atoms with Crippen LogP contribution in [0, 0.1) is 5.92 Å². The normalized spacial score (nSPS) is 14.9. The molecule has 5 heteroatoms. The lowest BCUT2D eigenvalue weighted by molar-refractivity contribution is 0.209. The monoisotopic (exact) mass is 395 g/mol. The number of rotatable bonds is 7. The molecule has 0 amide bonds. The van der Waals surface area contributed by atoms with E-state index in [1.807, 2.05) is 36.4 Å². The Morgan fingerprint density at radius 2 is 1.89 bits per heavy atom. The Kier molecular flexibility index (Phi) is 6.27. The highest BCUT2D eigenvalue weighted by atomic mass is 35.5. The number of fused-ring (bicyclic) bond motifs is 1. The van der Waals surface area contributed by atoms with Gasteiger partial charge in [-0.3, -0.25) is 0 Å².